The predicted octanol–water partition coefficient (Wildman–Crippen LogP) is 4.56. The molecule has 140 valence electrons. The van der Waals surface area contributed by atoms with Crippen molar-refractivity contribution in [2.75, 3.05) is 5.32 Å². The highest BCUT2D eigenvalue weighted by molar-refractivity contribution is 5.92. The Kier molecular flexibility index (Phi) is 6.37. The van der Waals surface area contributed by atoms with Gasteiger partial charge in [-0.05, 0) is 34.9 Å². The molecule has 0 unspecified atom stereocenters. The zero-order chi connectivity index (χ0) is 19.8. The summed E-state index contributed by atoms with van der Waals surface area (Å²) in [5.41, 5.74) is 3.65. The van der Waals surface area contributed by atoms with Crippen molar-refractivity contribution in [3.63, 3.8) is 0 Å². The molecule has 4 nitrogen and oxygen atoms in total. The summed E-state index contributed by atoms with van der Waals surface area (Å²) in [5, 5.41) is 5.79. The molecule has 0 heterocycles. The Labute approximate surface area is 164 Å². The second kappa shape index (κ2) is 9.33. The van der Waals surface area contributed by atoms with E-state index in [-0.39, 0.29) is 17.9 Å². The summed E-state index contributed by atoms with van der Waals surface area (Å²) in [5.74, 6) is -0.292. The average molecular weight is 370 g/mol. The molecular weight excluding hydrogens is 348 g/mol. The average Bonchev–Trinajstić information content (AvgIpc) is 2.72. The molecule has 28 heavy (non-hydrogen) atoms. The molecule has 0 bridgehead atoms. The van der Waals surface area contributed by atoms with Gasteiger partial charge in [-0.25, -0.2) is 0 Å². The quantitative estimate of drug-likeness (QED) is 0.625. The van der Waals surface area contributed by atoms with Crippen LogP contribution in [0.15, 0.2) is 91.0 Å². The number of anilines is 1. The molecule has 0 atom stereocenters. The van der Waals surface area contributed by atoms with Crippen molar-refractivity contribution in [3.05, 3.63) is 108 Å². The Morgan fingerprint density at radius 3 is 1.82 bits per heavy atom. The highest BCUT2D eigenvalue weighted by Crippen LogP contribution is 2.21. The fourth-order valence-electron chi connectivity index (χ4n) is 2.89. The van der Waals surface area contributed by atoms with Gasteiger partial charge in [-0.3, -0.25) is 9.59 Å². The molecule has 0 saturated heterocycles. The first-order valence-electron chi connectivity index (χ1n) is 9.08. The lowest BCUT2D eigenvalue weighted by Crippen LogP contribution is -2.27. The summed E-state index contributed by atoms with van der Waals surface area (Å²) in [4.78, 5) is 23.6. The van der Waals surface area contributed by atoms with E-state index in [9.17, 15) is 9.59 Å². The number of nitrogens with one attached hydrogen (secondary N) is 2. The van der Waals surface area contributed by atoms with Crippen LogP contribution in [-0.4, -0.2) is 11.8 Å². The fraction of sp³-hybridized carbons (Fsp3) is 0.0833. The van der Waals surface area contributed by atoms with Crippen LogP contribution in [0.2, 0.25) is 0 Å². The van der Waals surface area contributed by atoms with Crippen LogP contribution in [0, 0.1) is 0 Å². The molecule has 0 fully saturated rings. The Balaban J connectivity index is 1.72. The van der Waals surface area contributed by atoms with Gasteiger partial charge in [-0.15, -0.1) is 0 Å². The van der Waals surface area contributed by atoms with E-state index in [1.165, 1.54) is 13.0 Å². The molecule has 2 N–H and O–H groups in total. The van der Waals surface area contributed by atoms with E-state index in [1.54, 1.807) is 18.2 Å². The van der Waals surface area contributed by atoms with E-state index in [2.05, 4.69) is 10.6 Å². The number of carbonyl (C=O) groups excluding carboxylic acids is 2. The van der Waals surface area contributed by atoms with Gasteiger partial charge in [-0.2, -0.15) is 0 Å². The zero-order valence-electron chi connectivity index (χ0n) is 15.6. The molecule has 4 heteroatoms. The van der Waals surface area contributed by atoms with Gasteiger partial charge in [0, 0.05) is 18.7 Å². The van der Waals surface area contributed by atoms with E-state index < -0.39 is 0 Å². The Morgan fingerprint density at radius 2 is 1.32 bits per heavy atom. The summed E-state index contributed by atoms with van der Waals surface area (Å²) in [6.07, 6.45) is 3.27. The van der Waals surface area contributed by atoms with Crippen molar-refractivity contribution in [3.8, 4) is 0 Å². The van der Waals surface area contributed by atoms with Crippen molar-refractivity contribution in [1.29, 1.82) is 0 Å². The molecule has 0 saturated carbocycles. The molecule has 3 aromatic carbocycles. The molecule has 0 aromatic heterocycles. The van der Waals surface area contributed by atoms with E-state index in [1.807, 2.05) is 72.8 Å². The van der Waals surface area contributed by atoms with Crippen LogP contribution in [0.25, 0.3) is 6.08 Å². The molecule has 0 aliphatic heterocycles. The largest absolute Gasteiger partial charge is 0.342 e. The maximum Gasteiger partial charge on any atom is 0.244 e. The third-order valence-electron chi connectivity index (χ3n) is 4.21. The molecule has 0 aliphatic carbocycles. The first-order chi connectivity index (χ1) is 13.6. The topological polar surface area (TPSA) is 58.2 Å². The van der Waals surface area contributed by atoms with E-state index in [0.717, 1.165) is 22.4 Å². The van der Waals surface area contributed by atoms with Gasteiger partial charge in [-0.1, -0.05) is 72.8 Å². The number of rotatable bonds is 6. The third kappa shape index (κ3) is 5.42. The lowest BCUT2D eigenvalue weighted by Gasteiger charge is -2.19. The smallest absolute Gasteiger partial charge is 0.244 e. The van der Waals surface area contributed by atoms with E-state index in [4.69, 9.17) is 0 Å². The van der Waals surface area contributed by atoms with Crippen LogP contribution in [0.3, 0.4) is 0 Å². The minimum absolute atomic E-state index is 0.115. The highest BCUT2D eigenvalue weighted by Gasteiger charge is 2.15. The normalized spacial score (nSPS) is 10.8. The van der Waals surface area contributed by atoms with Crippen molar-refractivity contribution < 1.29 is 9.59 Å². The zero-order valence-corrected chi connectivity index (χ0v) is 15.6. The molecule has 2 amide bonds. The maximum absolute atomic E-state index is 12.5. The molecule has 3 aromatic rings. The van der Waals surface area contributed by atoms with Crippen molar-refractivity contribution in [2.45, 2.75) is 13.0 Å². The lowest BCUT2D eigenvalue weighted by molar-refractivity contribution is -0.117. The second-order valence-corrected chi connectivity index (χ2v) is 6.40. The monoisotopic (exact) mass is 370 g/mol. The van der Waals surface area contributed by atoms with Crippen molar-refractivity contribution >= 4 is 23.6 Å². The number of amides is 2. The minimum Gasteiger partial charge on any atom is -0.342 e. The summed E-state index contributed by atoms with van der Waals surface area (Å²) in [6, 6.07) is 26.8. The van der Waals surface area contributed by atoms with Gasteiger partial charge >= 0.3 is 0 Å². The van der Waals surface area contributed by atoms with Crippen molar-refractivity contribution in [1.82, 2.24) is 5.32 Å². The van der Waals surface area contributed by atoms with E-state index in [0.29, 0.717) is 0 Å². The first-order valence-corrected chi connectivity index (χ1v) is 9.08. The summed E-state index contributed by atoms with van der Waals surface area (Å²) >= 11 is 0. The van der Waals surface area contributed by atoms with Crippen LogP contribution in [0.5, 0.6) is 0 Å². The number of hydrogen-bond donors (Lipinski definition) is 2. The van der Waals surface area contributed by atoms with Crippen LogP contribution >= 0.6 is 0 Å². The van der Waals surface area contributed by atoms with Gasteiger partial charge in [0.1, 0.15) is 0 Å². The molecule has 0 aliphatic rings. The Bertz CT molecular complexity index is 909. The first kappa shape index (κ1) is 19.1. The summed E-state index contributed by atoms with van der Waals surface area (Å²) in [6.45, 7) is 1.47. The minimum atomic E-state index is -0.221. The van der Waals surface area contributed by atoms with Crippen LogP contribution in [0.1, 0.15) is 29.7 Å². The van der Waals surface area contributed by atoms with Gasteiger partial charge in [0.2, 0.25) is 11.8 Å². The molecule has 3 rings (SSSR count). The fourth-order valence-corrected chi connectivity index (χ4v) is 2.89. The summed E-state index contributed by atoms with van der Waals surface area (Å²) in [7, 11) is 0. The van der Waals surface area contributed by atoms with Gasteiger partial charge in [0.25, 0.3) is 0 Å². The Hall–Kier alpha value is -3.66. The van der Waals surface area contributed by atoms with Crippen LogP contribution in [0.4, 0.5) is 5.69 Å². The van der Waals surface area contributed by atoms with E-state index >= 15 is 0 Å². The molecule has 0 spiro atoms. The maximum atomic E-state index is 12.5. The Morgan fingerprint density at radius 1 is 0.786 bits per heavy atom. The SMILES string of the molecule is CC(=O)Nc1ccc(/C=C/C(=O)NC(c2ccccc2)c2ccccc2)cc1. The van der Waals surface area contributed by atoms with Crippen LogP contribution in [-0.2, 0) is 9.59 Å². The van der Waals surface area contributed by atoms with Gasteiger partial charge < -0.3 is 10.6 Å². The third-order valence-corrected chi connectivity index (χ3v) is 4.21. The molecule has 0 radical (unpaired) electrons. The van der Waals surface area contributed by atoms with Crippen molar-refractivity contribution in [2.24, 2.45) is 0 Å². The number of carbonyl (C=O) groups is 2. The lowest BCUT2D eigenvalue weighted by atomic mass is 9.98. The number of benzene rings is 3. The van der Waals surface area contributed by atoms with Crippen LogP contribution < -0.4 is 10.6 Å². The second-order valence-electron chi connectivity index (χ2n) is 6.40. The predicted molar refractivity (Wildman–Crippen MR) is 113 cm³/mol. The summed E-state index contributed by atoms with van der Waals surface area (Å²) < 4.78 is 0. The highest BCUT2D eigenvalue weighted by atomic mass is 16.2. The number of hydrogen-bond acceptors (Lipinski definition) is 2. The van der Waals surface area contributed by atoms with Gasteiger partial charge in [0.05, 0.1) is 6.04 Å². The standard InChI is InChI=1S/C24H22N2O2/c1-18(27)25-22-15-12-19(13-16-22)14-17-23(28)26-24(20-8-4-2-5-9-20)21-10-6-3-7-11-21/h2-17,24H,1H3,(H,25,27)(H,26,28)/b17-14+. The van der Waals surface area contributed by atoms with Gasteiger partial charge in [0.15, 0.2) is 0 Å². The molecular formula is C24H22N2O2.